The maximum Gasteiger partial charge on any atom is 0.278 e. The average Bonchev–Trinajstić information content (AvgIpc) is 3.12. The Bertz CT molecular complexity index is 1500. The van der Waals surface area contributed by atoms with Crippen LogP contribution in [0.25, 0.3) is 5.69 Å². The molecule has 0 fully saturated rings. The van der Waals surface area contributed by atoms with Crippen LogP contribution in [-0.2, 0) is 17.8 Å². The zero-order valence-electron chi connectivity index (χ0n) is 20.2. The Morgan fingerprint density at radius 2 is 1.86 bits per heavy atom. The lowest BCUT2D eigenvalue weighted by molar-refractivity contribution is -0.117. The van der Waals surface area contributed by atoms with E-state index in [0.29, 0.717) is 40.8 Å². The predicted molar refractivity (Wildman–Crippen MR) is 135 cm³/mol. The molecule has 0 aliphatic carbocycles. The number of fused-ring (bicyclic) bond motifs is 2. The summed E-state index contributed by atoms with van der Waals surface area (Å²) < 4.78 is 28.5. The van der Waals surface area contributed by atoms with Crippen LogP contribution < -0.4 is 20.3 Å². The van der Waals surface area contributed by atoms with Gasteiger partial charge in [0.25, 0.3) is 5.56 Å². The zero-order chi connectivity index (χ0) is 25.4. The molecule has 1 aliphatic heterocycles. The molecular formula is C28H26FN3O4. The number of nitrogens with zero attached hydrogens (tertiary/aromatic N) is 2. The minimum atomic E-state index is -0.495. The van der Waals surface area contributed by atoms with Gasteiger partial charge in [-0.15, -0.1) is 0 Å². The van der Waals surface area contributed by atoms with E-state index in [2.05, 4.69) is 19.2 Å². The number of ether oxygens (including phenoxy) is 2. The van der Waals surface area contributed by atoms with E-state index in [9.17, 15) is 14.0 Å². The summed E-state index contributed by atoms with van der Waals surface area (Å²) in [5, 5.41) is 2.87. The van der Waals surface area contributed by atoms with Gasteiger partial charge in [-0.25, -0.2) is 13.8 Å². The summed E-state index contributed by atoms with van der Waals surface area (Å²) in [6.07, 6.45) is 0.293. The molecule has 2 heterocycles. The van der Waals surface area contributed by atoms with E-state index < -0.39 is 5.82 Å². The van der Waals surface area contributed by atoms with Crippen LogP contribution in [-0.4, -0.2) is 22.4 Å². The quantitative estimate of drug-likeness (QED) is 0.355. The molecule has 0 atom stereocenters. The van der Waals surface area contributed by atoms with Gasteiger partial charge in [0.05, 0.1) is 18.4 Å². The third-order valence-corrected chi connectivity index (χ3v) is 6.24. The van der Waals surface area contributed by atoms with Crippen molar-refractivity contribution in [2.75, 3.05) is 12.4 Å². The number of carbonyl (C=O) groups is 1. The van der Waals surface area contributed by atoms with Gasteiger partial charge in [0.2, 0.25) is 11.8 Å². The lowest BCUT2D eigenvalue weighted by Crippen LogP contribution is -2.27. The summed E-state index contributed by atoms with van der Waals surface area (Å²) in [5.41, 5.74) is 2.89. The van der Waals surface area contributed by atoms with Gasteiger partial charge in [0.1, 0.15) is 12.4 Å². The van der Waals surface area contributed by atoms with Crippen LogP contribution in [0, 0.1) is 5.82 Å². The second kappa shape index (κ2) is 9.37. The molecule has 4 aromatic rings. The first-order chi connectivity index (χ1) is 17.4. The van der Waals surface area contributed by atoms with Gasteiger partial charge in [-0.1, -0.05) is 44.2 Å². The van der Waals surface area contributed by atoms with E-state index in [1.54, 1.807) is 12.1 Å². The Balaban J connectivity index is 1.55. The largest absolute Gasteiger partial charge is 0.493 e. The Kier molecular flexibility index (Phi) is 6.10. The van der Waals surface area contributed by atoms with Crippen LogP contribution in [0.4, 0.5) is 10.1 Å². The minimum Gasteiger partial charge on any atom is -0.493 e. The van der Waals surface area contributed by atoms with E-state index in [1.165, 1.54) is 34.7 Å². The summed E-state index contributed by atoms with van der Waals surface area (Å²) in [7, 11) is 1.54. The molecule has 184 valence electrons. The number of hydrogen-bond acceptors (Lipinski definition) is 4. The van der Waals surface area contributed by atoms with Gasteiger partial charge in [-0.2, -0.15) is 0 Å². The molecule has 0 bridgehead atoms. The fourth-order valence-corrected chi connectivity index (χ4v) is 4.40. The van der Waals surface area contributed by atoms with Crippen LogP contribution in [0.2, 0.25) is 0 Å². The van der Waals surface area contributed by atoms with E-state index in [-0.39, 0.29) is 23.9 Å². The lowest BCUT2D eigenvalue weighted by Gasteiger charge is -2.21. The van der Waals surface area contributed by atoms with Crippen LogP contribution >= 0.6 is 0 Å². The third kappa shape index (κ3) is 4.26. The SMILES string of the molecule is COc1cccc2c1Oc1c(c(=O)n(-c3cccc(F)c3)n1CC(=O)Nc1ccc(C(C)C)cc1)C2. The Hall–Kier alpha value is -4.33. The fraction of sp³-hybridized carbons (Fsp3) is 0.214. The van der Waals surface area contributed by atoms with Crippen LogP contribution in [0.3, 0.4) is 0 Å². The molecule has 3 aromatic carbocycles. The second-order valence-electron chi connectivity index (χ2n) is 8.99. The van der Waals surface area contributed by atoms with E-state index in [0.717, 1.165) is 11.1 Å². The third-order valence-electron chi connectivity index (χ3n) is 6.24. The number of methoxy groups -OCH3 is 1. The summed E-state index contributed by atoms with van der Waals surface area (Å²) in [6.45, 7) is 3.97. The smallest absolute Gasteiger partial charge is 0.278 e. The van der Waals surface area contributed by atoms with E-state index in [4.69, 9.17) is 9.47 Å². The molecule has 0 radical (unpaired) electrons. The molecule has 1 amide bonds. The molecule has 36 heavy (non-hydrogen) atoms. The van der Waals surface area contributed by atoms with Gasteiger partial charge in [0, 0.05) is 17.7 Å². The van der Waals surface area contributed by atoms with Crippen molar-refractivity contribution in [1.82, 2.24) is 9.36 Å². The molecule has 0 saturated heterocycles. The maximum atomic E-state index is 14.1. The molecule has 8 heteroatoms. The van der Waals surface area contributed by atoms with Gasteiger partial charge in [-0.05, 0) is 47.9 Å². The number of anilines is 1. The second-order valence-corrected chi connectivity index (χ2v) is 8.99. The number of halogens is 1. The fourth-order valence-electron chi connectivity index (χ4n) is 4.40. The van der Waals surface area contributed by atoms with E-state index >= 15 is 0 Å². The molecule has 0 spiro atoms. The highest BCUT2D eigenvalue weighted by Gasteiger charge is 2.30. The molecule has 0 unspecified atom stereocenters. The maximum absolute atomic E-state index is 14.1. The van der Waals surface area contributed by atoms with Crippen LogP contribution in [0.1, 0.15) is 36.5 Å². The van der Waals surface area contributed by atoms with Crippen LogP contribution in [0.15, 0.2) is 71.5 Å². The van der Waals surface area contributed by atoms with Crippen LogP contribution in [0.5, 0.6) is 17.4 Å². The van der Waals surface area contributed by atoms with Crippen molar-refractivity contribution in [2.24, 2.45) is 0 Å². The average molecular weight is 488 g/mol. The van der Waals surface area contributed by atoms with Crippen molar-refractivity contribution in [3.05, 3.63) is 99.6 Å². The molecule has 5 rings (SSSR count). The highest BCUT2D eigenvalue weighted by atomic mass is 19.1. The molecule has 0 saturated carbocycles. The Labute approximate surface area is 207 Å². The van der Waals surface area contributed by atoms with Crippen molar-refractivity contribution >= 4 is 11.6 Å². The van der Waals surface area contributed by atoms with Crippen molar-refractivity contribution in [2.45, 2.75) is 32.7 Å². The lowest BCUT2D eigenvalue weighted by atomic mass is 10.0. The standard InChI is InChI=1S/C28H26FN3O4/c1-17(2)18-10-12-21(13-11-18)30-25(33)16-31-28-23(14-19-6-4-9-24(35-3)26(19)36-28)27(34)32(31)22-8-5-7-20(29)15-22/h4-13,15,17H,14,16H2,1-3H3,(H,30,33). The summed E-state index contributed by atoms with van der Waals surface area (Å²) >= 11 is 0. The number of rotatable bonds is 6. The molecule has 7 nitrogen and oxygen atoms in total. The first-order valence-electron chi connectivity index (χ1n) is 11.7. The Morgan fingerprint density at radius 3 is 2.56 bits per heavy atom. The number of para-hydroxylation sites is 1. The number of amides is 1. The van der Waals surface area contributed by atoms with Crippen molar-refractivity contribution in [3.63, 3.8) is 0 Å². The summed E-state index contributed by atoms with van der Waals surface area (Å²) in [5.74, 6) is 0.758. The molecule has 1 aliphatic rings. The van der Waals surface area contributed by atoms with Gasteiger partial charge in [-0.3, -0.25) is 9.59 Å². The zero-order valence-corrected chi connectivity index (χ0v) is 20.2. The summed E-state index contributed by atoms with van der Waals surface area (Å²) in [6, 6.07) is 18.7. The minimum absolute atomic E-state index is 0.225. The first kappa shape index (κ1) is 23.4. The summed E-state index contributed by atoms with van der Waals surface area (Å²) in [4.78, 5) is 26.6. The van der Waals surface area contributed by atoms with E-state index in [1.807, 2.05) is 36.4 Å². The van der Waals surface area contributed by atoms with Gasteiger partial charge >= 0.3 is 0 Å². The topological polar surface area (TPSA) is 74.5 Å². The number of hydrogen-bond donors (Lipinski definition) is 1. The van der Waals surface area contributed by atoms with Crippen molar-refractivity contribution in [1.29, 1.82) is 0 Å². The number of benzene rings is 3. The molecule has 1 N–H and O–H groups in total. The molecular weight excluding hydrogens is 461 g/mol. The normalized spacial score (nSPS) is 12.0. The number of carbonyl (C=O) groups excluding carboxylic acids is 1. The molecule has 1 aromatic heterocycles. The number of aromatic nitrogens is 2. The number of nitrogens with one attached hydrogen (secondary N) is 1. The first-order valence-corrected chi connectivity index (χ1v) is 11.7. The predicted octanol–water partition coefficient (Wildman–Crippen LogP) is 5.25. The van der Waals surface area contributed by atoms with Gasteiger partial charge in [0.15, 0.2) is 11.5 Å². The van der Waals surface area contributed by atoms with Gasteiger partial charge < -0.3 is 14.8 Å². The van der Waals surface area contributed by atoms with Crippen molar-refractivity contribution in [3.8, 4) is 23.1 Å². The highest BCUT2D eigenvalue weighted by Crippen LogP contribution is 2.41. The van der Waals surface area contributed by atoms with Crippen molar-refractivity contribution < 1.29 is 18.7 Å². The Morgan fingerprint density at radius 1 is 1.11 bits per heavy atom. The highest BCUT2D eigenvalue weighted by molar-refractivity contribution is 5.90. The monoisotopic (exact) mass is 487 g/mol.